The number of benzene rings is 2. The van der Waals surface area contributed by atoms with Crippen LogP contribution in [0.3, 0.4) is 0 Å². The lowest BCUT2D eigenvalue weighted by Crippen LogP contribution is -2.31. The molecule has 1 N–H and O–H groups in total. The summed E-state index contributed by atoms with van der Waals surface area (Å²) in [5, 5.41) is 3.67. The van der Waals surface area contributed by atoms with E-state index >= 15 is 0 Å². The third-order valence-corrected chi connectivity index (χ3v) is 5.39. The van der Waals surface area contributed by atoms with Gasteiger partial charge in [0.2, 0.25) is 0 Å². The standard InChI is InChI=1S/C21H21N5O2S/c1-14-23-21(29-25-14)15-7-3-6-10-18(15)28-13-20(27)22-12-11-19-24-16-8-4-5-9-17(16)26(19)2/h3-10H,11-13H2,1-2H3,(H,22,27). The summed E-state index contributed by atoms with van der Waals surface area (Å²) in [6.07, 6.45) is 0.650. The van der Waals surface area contributed by atoms with Crippen molar-refractivity contribution in [3.05, 3.63) is 60.2 Å². The molecule has 0 aliphatic rings. The molecule has 4 rings (SSSR count). The number of aromatic nitrogens is 4. The van der Waals surface area contributed by atoms with E-state index in [2.05, 4.69) is 24.2 Å². The Kier molecular flexibility index (Phi) is 5.53. The molecule has 0 spiro atoms. The lowest BCUT2D eigenvalue weighted by atomic mass is 10.2. The third-order valence-electron chi connectivity index (χ3n) is 4.55. The molecule has 0 bridgehead atoms. The number of imidazole rings is 1. The number of carbonyl (C=O) groups excluding carboxylic acids is 1. The summed E-state index contributed by atoms with van der Waals surface area (Å²) in [5.74, 6) is 2.10. The van der Waals surface area contributed by atoms with Crippen molar-refractivity contribution in [2.75, 3.05) is 13.2 Å². The number of nitrogens with zero attached hydrogens (tertiary/aromatic N) is 4. The second-order valence-corrected chi connectivity index (χ2v) is 7.36. The first-order valence-corrected chi connectivity index (χ1v) is 10.1. The minimum absolute atomic E-state index is 0.0582. The zero-order valence-corrected chi connectivity index (χ0v) is 17.1. The van der Waals surface area contributed by atoms with Gasteiger partial charge in [0, 0.05) is 20.0 Å². The second-order valence-electron chi connectivity index (χ2n) is 6.61. The molecule has 7 nitrogen and oxygen atoms in total. The Morgan fingerprint density at radius 2 is 1.93 bits per heavy atom. The first kappa shape index (κ1) is 19.1. The predicted molar refractivity (Wildman–Crippen MR) is 113 cm³/mol. The minimum Gasteiger partial charge on any atom is -0.483 e. The molecule has 2 aromatic carbocycles. The van der Waals surface area contributed by atoms with Crippen molar-refractivity contribution in [2.24, 2.45) is 7.05 Å². The Bertz CT molecular complexity index is 1150. The molecule has 0 atom stereocenters. The van der Waals surface area contributed by atoms with E-state index in [4.69, 9.17) is 4.74 Å². The molecular formula is C21H21N5O2S. The number of hydrogen-bond acceptors (Lipinski definition) is 6. The fraction of sp³-hybridized carbons (Fsp3) is 0.238. The Morgan fingerprint density at radius 1 is 1.14 bits per heavy atom. The van der Waals surface area contributed by atoms with Crippen LogP contribution >= 0.6 is 11.5 Å². The third kappa shape index (κ3) is 4.27. The number of fused-ring (bicyclic) bond motifs is 1. The fourth-order valence-corrected chi connectivity index (χ4v) is 3.80. The summed E-state index contributed by atoms with van der Waals surface area (Å²) < 4.78 is 12.0. The largest absolute Gasteiger partial charge is 0.483 e. The zero-order valence-electron chi connectivity index (χ0n) is 16.3. The molecule has 0 radical (unpaired) electrons. The van der Waals surface area contributed by atoms with Gasteiger partial charge in [0.1, 0.15) is 22.4 Å². The second kappa shape index (κ2) is 8.40. The molecule has 29 heavy (non-hydrogen) atoms. The SMILES string of the molecule is Cc1nsc(-c2ccccc2OCC(=O)NCCc2nc3ccccc3n2C)n1. The van der Waals surface area contributed by atoms with Crippen LogP contribution in [0.15, 0.2) is 48.5 Å². The maximum atomic E-state index is 12.2. The van der Waals surface area contributed by atoms with Gasteiger partial charge in [0.05, 0.1) is 16.6 Å². The van der Waals surface area contributed by atoms with Crippen LogP contribution in [0.5, 0.6) is 5.75 Å². The quantitative estimate of drug-likeness (QED) is 0.509. The average molecular weight is 407 g/mol. The summed E-state index contributed by atoms with van der Waals surface area (Å²) in [6, 6.07) is 15.5. The number of ether oxygens (including phenoxy) is 1. The van der Waals surface area contributed by atoms with E-state index in [1.807, 2.05) is 62.5 Å². The lowest BCUT2D eigenvalue weighted by molar-refractivity contribution is -0.123. The molecule has 0 saturated carbocycles. The summed E-state index contributed by atoms with van der Waals surface area (Å²) in [4.78, 5) is 21.2. The van der Waals surface area contributed by atoms with Crippen LogP contribution in [0, 0.1) is 6.92 Å². The highest BCUT2D eigenvalue weighted by molar-refractivity contribution is 7.09. The normalized spacial score (nSPS) is 11.0. The van der Waals surface area contributed by atoms with E-state index in [0.717, 1.165) is 33.3 Å². The van der Waals surface area contributed by atoms with E-state index in [1.54, 1.807) is 0 Å². The Balaban J connectivity index is 1.32. The van der Waals surface area contributed by atoms with Gasteiger partial charge < -0.3 is 14.6 Å². The van der Waals surface area contributed by atoms with Crippen LogP contribution in [0.1, 0.15) is 11.6 Å². The maximum Gasteiger partial charge on any atom is 0.257 e. The van der Waals surface area contributed by atoms with Crippen LogP contribution in [0.2, 0.25) is 0 Å². The van der Waals surface area contributed by atoms with Gasteiger partial charge in [-0.05, 0) is 42.7 Å². The van der Waals surface area contributed by atoms with Crippen molar-refractivity contribution in [2.45, 2.75) is 13.3 Å². The number of para-hydroxylation sites is 3. The summed E-state index contributed by atoms with van der Waals surface area (Å²) >= 11 is 1.31. The molecule has 0 aliphatic heterocycles. The van der Waals surface area contributed by atoms with Gasteiger partial charge in [-0.2, -0.15) is 4.37 Å². The number of amides is 1. The van der Waals surface area contributed by atoms with E-state index in [0.29, 0.717) is 18.7 Å². The first-order chi connectivity index (χ1) is 14.1. The maximum absolute atomic E-state index is 12.2. The van der Waals surface area contributed by atoms with Crippen molar-refractivity contribution >= 4 is 28.5 Å². The lowest BCUT2D eigenvalue weighted by Gasteiger charge is -2.10. The highest BCUT2D eigenvalue weighted by Crippen LogP contribution is 2.30. The molecule has 0 aliphatic carbocycles. The van der Waals surface area contributed by atoms with Gasteiger partial charge in [0.25, 0.3) is 5.91 Å². The minimum atomic E-state index is -0.174. The number of rotatable bonds is 7. The molecule has 1 amide bonds. The molecule has 4 aromatic rings. The highest BCUT2D eigenvalue weighted by Gasteiger charge is 2.12. The van der Waals surface area contributed by atoms with Crippen molar-refractivity contribution in [3.8, 4) is 16.3 Å². The van der Waals surface area contributed by atoms with Crippen molar-refractivity contribution in [1.82, 2.24) is 24.2 Å². The van der Waals surface area contributed by atoms with Crippen molar-refractivity contribution in [3.63, 3.8) is 0 Å². The topological polar surface area (TPSA) is 81.9 Å². The molecule has 8 heteroatoms. The predicted octanol–water partition coefficient (Wildman–Crippen LogP) is 3.14. The van der Waals surface area contributed by atoms with E-state index < -0.39 is 0 Å². The van der Waals surface area contributed by atoms with Gasteiger partial charge in [-0.3, -0.25) is 4.79 Å². The van der Waals surface area contributed by atoms with Gasteiger partial charge in [-0.15, -0.1) is 0 Å². The van der Waals surface area contributed by atoms with Gasteiger partial charge in [0.15, 0.2) is 6.61 Å². The zero-order chi connectivity index (χ0) is 20.2. The van der Waals surface area contributed by atoms with Crippen molar-refractivity contribution < 1.29 is 9.53 Å². The monoisotopic (exact) mass is 407 g/mol. The van der Waals surface area contributed by atoms with E-state index in [1.165, 1.54) is 11.5 Å². The van der Waals surface area contributed by atoms with E-state index in [-0.39, 0.29) is 12.5 Å². The average Bonchev–Trinajstić information content (AvgIpc) is 3.30. The van der Waals surface area contributed by atoms with Crippen LogP contribution in [0.25, 0.3) is 21.6 Å². The van der Waals surface area contributed by atoms with Gasteiger partial charge in [-0.1, -0.05) is 24.3 Å². The van der Waals surface area contributed by atoms with Crippen molar-refractivity contribution in [1.29, 1.82) is 0 Å². The van der Waals surface area contributed by atoms with Gasteiger partial charge in [-0.25, -0.2) is 9.97 Å². The van der Waals surface area contributed by atoms with Gasteiger partial charge >= 0.3 is 0 Å². The highest BCUT2D eigenvalue weighted by atomic mass is 32.1. The Labute approximate surface area is 172 Å². The van der Waals surface area contributed by atoms with Crippen LogP contribution < -0.4 is 10.1 Å². The molecule has 0 saturated heterocycles. The van der Waals surface area contributed by atoms with Crippen LogP contribution in [0.4, 0.5) is 0 Å². The van der Waals surface area contributed by atoms with E-state index in [9.17, 15) is 4.79 Å². The van der Waals surface area contributed by atoms with Crippen LogP contribution in [-0.4, -0.2) is 38.0 Å². The summed E-state index contributed by atoms with van der Waals surface area (Å²) in [7, 11) is 1.99. The first-order valence-electron chi connectivity index (χ1n) is 9.31. The fourth-order valence-electron chi connectivity index (χ4n) is 3.10. The summed E-state index contributed by atoms with van der Waals surface area (Å²) in [5.41, 5.74) is 2.88. The number of hydrogen-bond donors (Lipinski definition) is 1. The molecule has 0 fully saturated rings. The number of aryl methyl sites for hydroxylation is 2. The molecule has 0 unspecified atom stereocenters. The number of carbonyl (C=O) groups is 1. The molecule has 2 aromatic heterocycles. The van der Waals surface area contributed by atoms with Crippen LogP contribution in [-0.2, 0) is 18.3 Å². The molecular weight excluding hydrogens is 386 g/mol. The summed E-state index contributed by atoms with van der Waals surface area (Å²) in [6.45, 7) is 2.29. The molecule has 2 heterocycles. The number of nitrogens with one attached hydrogen (secondary N) is 1. The Hall–Kier alpha value is -3.26. The smallest absolute Gasteiger partial charge is 0.257 e. The Morgan fingerprint density at radius 3 is 2.72 bits per heavy atom. The molecule has 148 valence electrons.